The Hall–Kier alpha value is -2.91. The normalized spacial score (nSPS) is 11.1. The van der Waals surface area contributed by atoms with Crippen LogP contribution in [0.1, 0.15) is 5.76 Å². The molecule has 32 heavy (non-hydrogen) atoms. The van der Waals surface area contributed by atoms with E-state index in [9.17, 15) is 4.79 Å². The number of benzene rings is 2. The van der Waals surface area contributed by atoms with Crippen LogP contribution in [0, 0.1) is 0 Å². The molecule has 2 N–H and O–H groups in total. The summed E-state index contributed by atoms with van der Waals surface area (Å²) in [5.74, 6) is 1.36. The number of methoxy groups -OCH3 is 1. The number of anilines is 1. The van der Waals surface area contributed by atoms with Crippen molar-refractivity contribution in [3.05, 3.63) is 70.4 Å². The molecule has 4 aromatic rings. The van der Waals surface area contributed by atoms with Crippen molar-refractivity contribution >= 4 is 79.2 Å². The highest BCUT2D eigenvalue weighted by Gasteiger charge is 2.11. The highest BCUT2D eigenvalue weighted by molar-refractivity contribution is 7.80. The van der Waals surface area contributed by atoms with E-state index >= 15 is 0 Å². The molecule has 162 valence electrons. The van der Waals surface area contributed by atoms with Gasteiger partial charge in [-0.2, -0.15) is 0 Å². The molecule has 1 amide bonds. The number of amides is 1. The predicted molar refractivity (Wildman–Crippen MR) is 134 cm³/mol. The van der Waals surface area contributed by atoms with Gasteiger partial charge < -0.3 is 14.5 Å². The van der Waals surface area contributed by atoms with Gasteiger partial charge in [-0.05, 0) is 60.8 Å². The third-order valence-corrected chi connectivity index (χ3v) is 5.96. The number of carbonyl (C=O) groups excluding carboxylic acids is 1. The molecule has 0 fully saturated rings. The van der Waals surface area contributed by atoms with E-state index in [4.69, 9.17) is 44.6 Å². The number of halogens is 2. The highest BCUT2D eigenvalue weighted by atomic mass is 35.5. The van der Waals surface area contributed by atoms with Gasteiger partial charge in [0.25, 0.3) is 0 Å². The Morgan fingerprint density at radius 2 is 1.97 bits per heavy atom. The van der Waals surface area contributed by atoms with Crippen molar-refractivity contribution in [3.63, 3.8) is 0 Å². The topological polar surface area (TPSA) is 76.4 Å². The van der Waals surface area contributed by atoms with Crippen LogP contribution in [0.3, 0.4) is 0 Å². The van der Waals surface area contributed by atoms with E-state index in [1.54, 1.807) is 43.5 Å². The summed E-state index contributed by atoms with van der Waals surface area (Å²) in [4.78, 5) is 16.6. The molecule has 2 aromatic carbocycles. The van der Waals surface area contributed by atoms with Crippen molar-refractivity contribution in [2.24, 2.45) is 0 Å². The molecule has 2 heterocycles. The van der Waals surface area contributed by atoms with Gasteiger partial charge in [0.1, 0.15) is 17.3 Å². The molecule has 0 radical (unpaired) electrons. The minimum absolute atomic E-state index is 0.123. The third kappa shape index (κ3) is 5.28. The summed E-state index contributed by atoms with van der Waals surface area (Å²) in [6, 6.07) is 14.4. The summed E-state index contributed by atoms with van der Waals surface area (Å²) in [5.41, 5.74) is 1.59. The van der Waals surface area contributed by atoms with Gasteiger partial charge in [-0.15, -0.1) is 0 Å². The van der Waals surface area contributed by atoms with Crippen LogP contribution in [0.25, 0.3) is 27.6 Å². The number of furan rings is 1. The molecule has 2 aromatic heterocycles. The van der Waals surface area contributed by atoms with Gasteiger partial charge in [0, 0.05) is 22.7 Å². The van der Waals surface area contributed by atoms with Crippen LogP contribution < -0.4 is 15.4 Å². The first-order valence-corrected chi connectivity index (χ1v) is 11.2. The maximum absolute atomic E-state index is 12.2. The van der Waals surface area contributed by atoms with Crippen molar-refractivity contribution in [1.82, 2.24) is 10.3 Å². The molecular formula is C22H15Cl2N3O3S2. The van der Waals surface area contributed by atoms with E-state index in [0.29, 0.717) is 38.0 Å². The molecule has 10 heteroatoms. The number of nitrogens with zero attached hydrogens (tertiary/aromatic N) is 1. The zero-order chi connectivity index (χ0) is 22.7. The zero-order valence-corrected chi connectivity index (χ0v) is 19.7. The lowest BCUT2D eigenvalue weighted by Crippen LogP contribution is -2.32. The Kier molecular flexibility index (Phi) is 6.76. The van der Waals surface area contributed by atoms with E-state index in [0.717, 1.165) is 10.3 Å². The molecule has 4 rings (SSSR count). The number of thiocarbonyl (C=S) groups is 1. The first-order chi connectivity index (χ1) is 15.4. The number of rotatable bonds is 5. The average molecular weight is 504 g/mol. The third-order valence-electron chi connectivity index (χ3n) is 4.27. The summed E-state index contributed by atoms with van der Waals surface area (Å²) in [5, 5.41) is 7.24. The quantitative estimate of drug-likeness (QED) is 0.242. The standard InChI is InChI=1S/C22H15Cl2N3O3S2/c1-29-18-11-19-16(10-15(18)24)25-22(32-19)27-21(31)26-20(28)9-7-14-6-8-17(30-14)12-2-4-13(23)5-3-12/h2-11H,1H3,(H2,25,26,27,28,31). The maximum atomic E-state index is 12.2. The van der Waals surface area contributed by atoms with Gasteiger partial charge in [0.2, 0.25) is 5.91 Å². The van der Waals surface area contributed by atoms with Gasteiger partial charge in [0.15, 0.2) is 10.2 Å². The molecule has 0 aliphatic heterocycles. The number of thiazole rings is 1. The summed E-state index contributed by atoms with van der Waals surface area (Å²) in [7, 11) is 1.55. The van der Waals surface area contributed by atoms with Gasteiger partial charge in [0.05, 0.1) is 22.3 Å². The van der Waals surface area contributed by atoms with Crippen molar-refractivity contribution in [3.8, 4) is 17.1 Å². The van der Waals surface area contributed by atoms with Crippen LogP contribution in [-0.2, 0) is 4.79 Å². The smallest absolute Gasteiger partial charge is 0.250 e. The fraction of sp³-hybridized carbons (Fsp3) is 0.0455. The first kappa shape index (κ1) is 22.3. The fourth-order valence-corrected chi connectivity index (χ4v) is 4.29. The number of hydrogen-bond donors (Lipinski definition) is 2. The molecule has 0 bridgehead atoms. The van der Waals surface area contributed by atoms with E-state index in [-0.39, 0.29) is 5.11 Å². The molecule has 0 aliphatic rings. The van der Waals surface area contributed by atoms with E-state index in [1.165, 1.54) is 17.4 Å². The summed E-state index contributed by atoms with van der Waals surface area (Å²) in [6.45, 7) is 0. The Bertz CT molecular complexity index is 1330. The van der Waals surface area contributed by atoms with Crippen LogP contribution in [0.15, 0.2) is 59.0 Å². The van der Waals surface area contributed by atoms with E-state index < -0.39 is 5.91 Å². The lowest BCUT2D eigenvalue weighted by atomic mass is 10.2. The van der Waals surface area contributed by atoms with Crippen LogP contribution in [-0.4, -0.2) is 23.1 Å². The largest absolute Gasteiger partial charge is 0.495 e. The summed E-state index contributed by atoms with van der Waals surface area (Å²) >= 11 is 18.6. The Morgan fingerprint density at radius 3 is 2.72 bits per heavy atom. The SMILES string of the molecule is COc1cc2sc(NC(=S)NC(=O)C=Cc3ccc(-c4ccc(Cl)cc4)o3)nc2cc1Cl. The number of aromatic nitrogens is 1. The van der Waals surface area contributed by atoms with Crippen molar-refractivity contribution in [2.75, 3.05) is 12.4 Å². The molecule has 0 aliphatic carbocycles. The fourth-order valence-electron chi connectivity index (χ4n) is 2.79. The zero-order valence-electron chi connectivity index (χ0n) is 16.5. The van der Waals surface area contributed by atoms with Gasteiger partial charge >= 0.3 is 0 Å². The van der Waals surface area contributed by atoms with E-state index in [2.05, 4.69) is 15.6 Å². The van der Waals surface area contributed by atoms with Gasteiger partial charge in [-0.3, -0.25) is 10.1 Å². The minimum Gasteiger partial charge on any atom is -0.495 e. The molecular weight excluding hydrogens is 489 g/mol. The minimum atomic E-state index is -0.405. The molecule has 0 atom stereocenters. The van der Waals surface area contributed by atoms with Crippen molar-refractivity contribution in [1.29, 1.82) is 0 Å². The van der Waals surface area contributed by atoms with Crippen LogP contribution in [0.2, 0.25) is 10.0 Å². The van der Waals surface area contributed by atoms with Crippen molar-refractivity contribution < 1.29 is 13.9 Å². The molecule has 0 unspecified atom stereocenters. The molecule has 6 nitrogen and oxygen atoms in total. The van der Waals surface area contributed by atoms with Crippen LogP contribution in [0.5, 0.6) is 5.75 Å². The summed E-state index contributed by atoms with van der Waals surface area (Å²) < 4.78 is 11.8. The average Bonchev–Trinajstić information content (AvgIpc) is 3.38. The highest BCUT2D eigenvalue weighted by Crippen LogP contribution is 2.34. The van der Waals surface area contributed by atoms with E-state index in [1.807, 2.05) is 18.2 Å². The first-order valence-electron chi connectivity index (χ1n) is 9.21. The number of hydrogen-bond acceptors (Lipinski definition) is 6. The van der Waals surface area contributed by atoms with Crippen LogP contribution in [0.4, 0.5) is 5.13 Å². The number of fused-ring (bicyclic) bond motifs is 1. The van der Waals surface area contributed by atoms with Gasteiger partial charge in [-0.25, -0.2) is 4.98 Å². The predicted octanol–water partition coefficient (Wildman–Crippen LogP) is 6.40. The monoisotopic (exact) mass is 503 g/mol. The molecule has 0 saturated heterocycles. The van der Waals surface area contributed by atoms with Gasteiger partial charge in [-0.1, -0.05) is 34.5 Å². The molecule has 0 saturated carbocycles. The number of carbonyl (C=O) groups is 1. The molecule has 0 spiro atoms. The Labute approximate surface area is 202 Å². The number of nitrogens with one attached hydrogen (secondary N) is 2. The van der Waals surface area contributed by atoms with Crippen LogP contribution >= 0.6 is 46.8 Å². The Morgan fingerprint density at radius 1 is 1.19 bits per heavy atom. The summed E-state index contributed by atoms with van der Waals surface area (Å²) in [6.07, 6.45) is 2.89. The lowest BCUT2D eigenvalue weighted by Gasteiger charge is -2.04. The second-order valence-electron chi connectivity index (χ2n) is 6.46. The maximum Gasteiger partial charge on any atom is 0.250 e. The lowest BCUT2D eigenvalue weighted by molar-refractivity contribution is -0.115. The Balaban J connectivity index is 1.36. The number of ether oxygens (including phenoxy) is 1. The second kappa shape index (κ2) is 9.70. The van der Waals surface area contributed by atoms with Crippen molar-refractivity contribution in [2.45, 2.75) is 0 Å². The second-order valence-corrected chi connectivity index (χ2v) is 8.74.